The molecule has 0 aliphatic carbocycles. The molecule has 0 saturated heterocycles. The molecule has 0 heterocycles. The summed E-state index contributed by atoms with van der Waals surface area (Å²) in [5.41, 5.74) is 3.81. The van der Waals surface area contributed by atoms with Crippen molar-refractivity contribution < 1.29 is 10.3 Å². The van der Waals surface area contributed by atoms with Crippen LogP contribution in [0, 0.1) is 13.8 Å². The lowest BCUT2D eigenvalue weighted by atomic mass is 10.0. The van der Waals surface area contributed by atoms with E-state index in [0.717, 1.165) is 22.3 Å². The van der Waals surface area contributed by atoms with Crippen LogP contribution >= 0.6 is 0 Å². The highest BCUT2D eigenvalue weighted by Crippen LogP contribution is 2.15. The zero-order chi connectivity index (χ0) is 9.84. The van der Waals surface area contributed by atoms with Crippen LogP contribution in [0.5, 0.6) is 0 Å². The van der Waals surface area contributed by atoms with E-state index in [0.29, 0.717) is 0 Å². The lowest BCUT2D eigenvalue weighted by molar-refractivity contribution is 0.280. The molecular formula is C10H13NO2. The molecule has 0 aromatic heterocycles. The van der Waals surface area contributed by atoms with E-state index in [1.54, 1.807) is 0 Å². The van der Waals surface area contributed by atoms with Gasteiger partial charge in [0.15, 0.2) is 0 Å². The fraction of sp³-hybridized carbons (Fsp3) is 0.300. The van der Waals surface area contributed by atoms with Crippen LogP contribution in [-0.2, 0) is 6.61 Å². The molecule has 0 radical (unpaired) electrons. The number of rotatable bonds is 2. The van der Waals surface area contributed by atoms with Crippen molar-refractivity contribution >= 4 is 6.21 Å². The maximum Gasteiger partial charge on any atom is 0.0734 e. The van der Waals surface area contributed by atoms with E-state index >= 15 is 0 Å². The SMILES string of the molecule is Cc1cc(C=NO)cc(C)c1CO. The van der Waals surface area contributed by atoms with Gasteiger partial charge >= 0.3 is 0 Å². The number of oxime groups is 1. The van der Waals surface area contributed by atoms with Crippen LogP contribution in [0.4, 0.5) is 0 Å². The van der Waals surface area contributed by atoms with Crippen molar-refractivity contribution in [2.45, 2.75) is 20.5 Å². The molecule has 1 aromatic rings. The summed E-state index contributed by atoms with van der Waals surface area (Å²) >= 11 is 0. The van der Waals surface area contributed by atoms with Gasteiger partial charge in [0.25, 0.3) is 0 Å². The maximum atomic E-state index is 9.04. The summed E-state index contributed by atoms with van der Waals surface area (Å²) in [6.45, 7) is 3.90. The highest BCUT2D eigenvalue weighted by molar-refractivity contribution is 5.80. The number of aliphatic hydroxyl groups is 1. The second kappa shape index (κ2) is 4.05. The fourth-order valence-corrected chi connectivity index (χ4v) is 1.42. The van der Waals surface area contributed by atoms with Gasteiger partial charge in [-0.25, -0.2) is 0 Å². The van der Waals surface area contributed by atoms with E-state index in [1.165, 1.54) is 6.21 Å². The van der Waals surface area contributed by atoms with Crippen LogP contribution in [0.1, 0.15) is 22.3 Å². The Bertz CT molecular complexity index is 309. The van der Waals surface area contributed by atoms with Gasteiger partial charge in [-0.05, 0) is 48.2 Å². The Hall–Kier alpha value is -1.35. The summed E-state index contributed by atoms with van der Waals surface area (Å²) < 4.78 is 0. The van der Waals surface area contributed by atoms with Crippen molar-refractivity contribution in [3.63, 3.8) is 0 Å². The predicted molar refractivity (Wildman–Crippen MR) is 51.2 cm³/mol. The monoisotopic (exact) mass is 179 g/mol. The van der Waals surface area contributed by atoms with Crippen molar-refractivity contribution in [3.05, 3.63) is 34.4 Å². The van der Waals surface area contributed by atoms with Gasteiger partial charge in [0.1, 0.15) is 0 Å². The third kappa shape index (κ3) is 2.06. The number of nitrogens with zero attached hydrogens (tertiary/aromatic N) is 1. The van der Waals surface area contributed by atoms with Gasteiger partial charge in [-0.1, -0.05) is 5.16 Å². The van der Waals surface area contributed by atoms with Gasteiger partial charge in [0.05, 0.1) is 12.8 Å². The molecule has 3 nitrogen and oxygen atoms in total. The molecule has 0 atom stereocenters. The topological polar surface area (TPSA) is 52.8 Å². The van der Waals surface area contributed by atoms with E-state index in [4.69, 9.17) is 10.3 Å². The zero-order valence-electron chi connectivity index (χ0n) is 7.78. The predicted octanol–water partition coefficient (Wildman–Crippen LogP) is 1.60. The van der Waals surface area contributed by atoms with Crippen LogP contribution in [-0.4, -0.2) is 16.5 Å². The second-order valence-electron chi connectivity index (χ2n) is 3.04. The minimum Gasteiger partial charge on any atom is -0.411 e. The first-order valence-corrected chi connectivity index (χ1v) is 4.07. The van der Waals surface area contributed by atoms with Crippen molar-refractivity contribution in [1.29, 1.82) is 0 Å². The molecular weight excluding hydrogens is 166 g/mol. The van der Waals surface area contributed by atoms with E-state index < -0.39 is 0 Å². The first-order valence-electron chi connectivity index (χ1n) is 4.07. The molecule has 0 aliphatic heterocycles. The molecule has 0 saturated carbocycles. The van der Waals surface area contributed by atoms with E-state index in [1.807, 2.05) is 26.0 Å². The van der Waals surface area contributed by atoms with Crippen LogP contribution in [0.3, 0.4) is 0 Å². The number of aryl methyl sites for hydroxylation is 2. The summed E-state index contributed by atoms with van der Waals surface area (Å²) in [7, 11) is 0. The maximum absolute atomic E-state index is 9.04. The van der Waals surface area contributed by atoms with Crippen molar-refractivity contribution in [2.24, 2.45) is 5.16 Å². The quantitative estimate of drug-likeness (QED) is 0.411. The third-order valence-corrected chi connectivity index (χ3v) is 2.08. The van der Waals surface area contributed by atoms with Gasteiger partial charge < -0.3 is 10.3 Å². The average molecular weight is 179 g/mol. The minimum atomic E-state index is 0.0498. The van der Waals surface area contributed by atoms with Crippen molar-refractivity contribution in [1.82, 2.24) is 0 Å². The Labute approximate surface area is 77.3 Å². The lowest BCUT2D eigenvalue weighted by Gasteiger charge is -2.07. The molecule has 0 aliphatic rings. The number of aliphatic hydroxyl groups excluding tert-OH is 1. The van der Waals surface area contributed by atoms with Crippen LogP contribution in [0.15, 0.2) is 17.3 Å². The van der Waals surface area contributed by atoms with Gasteiger partial charge in [-0.2, -0.15) is 0 Å². The fourth-order valence-electron chi connectivity index (χ4n) is 1.42. The Kier molecular flexibility index (Phi) is 3.03. The molecule has 3 heteroatoms. The van der Waals surface area contributed by atoms with Crippen LogP contribution < -0.4 is 0 Å². The highest BCUT2D eigenvalue weighted by atomic mass is 16.4. The average Bonchev–Trinajstić information content (AvgIpc) is 2.04. The van der Waals surface area contributed by atoms with Crippen LogP contribution in [0.25, 0.3) is 0 Å². The Balaban J connectivity index is 3.20. The lowest BCUT2D eigenvalue weighted by Crippen LogP contribution is -1.95. The summed E-state index contributed by atoms with van der Waals surface area (Å²) in [4.78, 5) is 0. The first-order chi connectivity index (χ1) is 6.19. The third-order valence-electron chi connectivity index (χ3n) is 2.08. The zero-order valence-corrected chi connectivity index (χ0v) is 7.78. The molecule has 0 amide bonds. The Morgan fingerprint density at radius 3 is 2.23 bits per heavy atom. The summed E-state index contributed by atoms with van der Waals surface area (Å²) in [6, 6.07) is 3.75. The van der Waals surface area contributed by atoms with Crippen LogP contribution in [0.2, 0.25) is 0 Å². The molecule has 1 rings (SSSR count). The van der Waals surface area contributed by atoms with Crippen molar-refractivity contribution in [2.75, 3.05) is 0 Å². The highest BCUT2D eigenvalue weighted by Gasteiger charge is 2.02. The molecule has 0 fully saturated rings. The summed E-state index contributed by atoms with van der Waals surface area (Å²) in [6.07, 6.45) is 1.38. The van der Waals surface area contributed by atoms with Crippen molar-refractivity contribution in [3.8, 4) is 0 Å². The number of hydrogen-bond donors (Lipinski definition) is 2. The largest absolute Gasteiger partial charge is 0.411 e. The molecule has 1 aromatic carbocycles. The van der Waals surface area contributed by atoms with Gasteiger partial charge in [-0.15, -0.1) is 0 Å². The van der Waals surface area contributed by atoms with E-state index in [2.05, 4.69) is 5.16 Å². The van der Waals surface area contributed by atoms with E-state index in [-0.39, 0.29) is 6.61 Å². The second-order valence-corrected chi connectivity index (χ2v) is 3.04. The smallest absolute Gasteiger partial charge is 0.0734 e. The Morgan fingerprint density at radius 2 is 1.85 bits per heavy atom. The standard InChI is InChI=1S/C10H13NO2/c1-7-3-9(5-11-13)4-8(2)10(7)6-12/h3-5,12-13H,6H2,1-2H3. The number of hydrogen-bond acceptors (Lipinski definition) is 3. The minimum absolute atomic E-state index is 0.0498. The first kappa shape index (κ1) is 9.74. The molecule has 13 heavy (non-hydrogen) atoms. The van der Waals surface area contributed by atoms with Gasteiger partial charge in [-0.3, -0.25) is 0 Å². The number of benzene rings is 1. The summed E-state index contributed by atoms with van der Waals surface area (Å²) in [5.74, 6) is 0. The summed E-state index contributed by atoms with van der Waals surface area (Å²) in [5, 5.41) is 20.3. The van der Waals surface area contributed by atoms with Gasteiger partial charge in [0, 0.05) is 0 Å². The normalized spacial score (nSPS) is 11.0. The van der Waals surface area contributed by atoms with E-state index in [9.17, 15) is 0 Å². The molecule has 70 valence electrons. The molecule has 2 N–H and O–H groups in total. The Morgan fingerprint density at radius 1 is 1.31 bits per heavy atom. The molecule has 0 unspecified atom stereocenters. The van der Waals surface area contributed by atoms with Gasteiger partial charge in [0.2, 0.25) is 0 Å². The molecule has 0 bridgehead atoms. The molecule has 0 spiro atoms.